The second kappa shape index (κ2) is 14.0. The van der Waals surface area contributed by atoms with E-state index in [2.05, 4.69) is 27.3 Å². The van der Waals surface area contributed by atoms with Crippen LogP contribution in [0.4, 0.5) is 5.69 Å². The molecule has 0 saturated carbocycles. The first kappa shape index (κ1) is 32.3. The first-order valence-corrected chi connectivity index (χ1v) is 15.8. The van der Waals surface area contributed by atoms with E-state index in [-0.39, 0.29) is 27.7 Å². The zero-order valence-corrected chi connectivity index (χ0v) is 27.6. The van der Waals surface area contributed by atoms with Gasteiger partial charge in [0.1, 0.15) is 10.7 Å². The normalized spacial score (nSPS) is 13.8. The molecule has 48 heavy (non-hydrogen) atoms. The summed E-state index contributed by atoms with van der Waals surface area (Å²) in [5.41, 5.74) is 5.77. The van der Waals surface area contributed by atoms with Crippen molar-refractivity contribution < 1.29 is 14.3 Å². The molecule has 0 fully saturated rings. The van der Waals surface area contributed by atoms with Gasteiger partial charge in [0.2, 0.25) is 0 Å². The highest BCUT2D eigenvalue weighted by Crippen LogP contribution is 2.33. The third-order valence-electron chi connectivity index (χ3n) is 8.74. The van der Waals surface area contributed by atoms with E-state index in [0.717, 1.165) is 49.5 Å². The molecule has 0 atom stereocenters. The number of rotatable bonds is 9. The fraction of sp³-hybridized carbons (Fsp3) is 0.237. The van der Waals surface area contributed by atoms with Gasteiger partial charge in [-0.1, -0.05) is 24.3 Å². The number of aromatic nitrogens is 3. The summed E-state index contributed by atoms with van der Waals surface area (Å²) in [6.45, 7) is 2.79. The lowest BCUT2D eigenvalue weighted by atomic mass is 9.98. The number of hydrogen-bond donors (Lipinski definition) is 2. The SMILES string of the molecule is COc1cc2c(cc1OC)CN(CCc1ccc(NC(=O)c3ccc(C=c4[nH]c(=O)c(=Cc5ccn(C)c5)n(C)c4=O)cc3)cc1)CC2. The van der Waals surface area contributed by atoms with E-state index in [1.165, 1.54) is 21.3 Å². The summed E-state index contributed by atoms with van der Waals surface area (Å²) >= 11 is 0. The number of aromatic amines is 1. The smallest absolute Gasteiger partial charge is 0.274 e. The Kier molecular flexibility index (Phi) is 9.45. The number of anilines is 1. The summed E-state index contributed by atoms with van der Waals surface area (Å²) in [7, 11) is 6.79. The molecule has 3 aromatic carbocycles. The van der Waals surface area contributed by atoms with E-state index < -0.39 is 0 Å². The van der Waals surface area contributed by atoms with E-state index in [4.69, 9.17) is 9.47 Å². The molecule has 0 aliphatic carbocycles. The Morgan fingerprint density at radius 2 is 1.60 bits per heavy atom. The number of nitrogens with zero attached hydrogens (tertiary/aromatic N) is 3. The number of benzene rings is 3. The Labute approximate surface area is 278 Å². The topological polar surface area (TPSA) is 111 Å². The van der Waals surface area contributed by atoms with Gasteiger partial charge in [0.15, 0.2) is 11.5 Å². The van der Waals surface area contributed by atoms with Crippen molar-refractivity contribution in [2.45, 2.75) is 19.4 Å². The Morgan fingerprint density at radius 1 is 0.896 bits per heavy atom. The van der Waals surface area contributed by atoms with Crippen molar-refractivity contribution in [3.8, 4) is 11.5 Å². The number of ether oxygens (including phenoxy) is 2. The molecule has 10 heteroatoms. The predicted octanol–water partition coefficient (Wildman–Crippen LogP) is 2.94. The first-order chi connectivity index (χ1) is 23.2. The fourth-order valence-corrected chi connectivity index (χ4v) is 5.99. The fourth-order valence-electron chi connectivity index (χ4n) is 5.99. The van der Waals surface area contributed by atoms with Gasteiger partial charge in [0, 0.05) is 57.4 Å². The zero-order chi connectivity index (χ0) is 33.8. The van der Waals surface area contributed by atoms with Crippen LogP contribution in [-0.2, 0) is 33.5 Å². The number of methoxy groups -OCH3 is 2. The monoisotopic (exact) mass is 645 g/mol. The Bertz CT molecular complexity index is 2190. The van der Waals surface area contributed by atoms with E-state index in [0.29, 0.717) is 16.8 Å². The van der Waals surface area contributed by atoms with Gasteiger partial charge in [0.05, 0.1) is 14.2 Å². The molecular weight excluding hydrogens is 606 g/mol. The number of amides is 1. The molecule has 1 aliphatic heterocycles. The summed E-state index contributed by atoms with van der Waals surface area (Å²) in [5, 5.41) is 3.38. The summed E-state index contributed by atoms with van der Waals surface area (Å²) in [4.78, 5) is 43.9. The van der Waals surface area contributed by atoms with Gasteiger partial charge in [-0.25, -0.2) is 0 Å². The van der Waals surface area contributed by atoms with Crippen LogP contribution in [0.15, 0.2) is 88.7 Å². The lowest BCUT2D eigenvalue weighted by Crippen LogP contribution is -2.52. The van der Waals surface area contributed by atoms with Crippen LogP contribution in [-0.4, -0.2) is 52.2 Å². The van der Waals surface area contributed by atoms with Crippen LogP contribution in [0.3, 0.4) is 0 Å². The minimum absolute atomic E-state index is 0.163. The van der Waals surface area contributed by atoms with Gasteiger partial charge in [-0.05, 0) is 95.3 Å². The average Bonchev–Trinajstić information content (AvgIpc) is 3.52. The van der Waals surface area contributed by atoms with Crippen molar-refractivity contribution in [3.63, 3.8) is 0 Å². The number of carbonyl (C=O) groups excluding carboxylic acids is 1. The van der Waals surface area contributed by atoms with E-state index in [1.54, 1.807) is 57.7 Å². The zero-order valence-electron chi connectivity index (χ0n) is 27.6. The Morgan fingerprint density at radius 3 is 2.27 bits per heavy atom. The van der Waals surface area contributed by atoms with E-state index in [1.807, 2.05) is 54.3 Å². The summed E-state index contributed by atoms with van der Waals surface area (Å²) in [5.74, 6) is 1.29. The third-order valence-corrected chi connectivity index (χ3v) is 8.74. The quantitative estimate of drug-likeness (QED) is 0.255. The Balaban J connectivity index is 1.06. The number of H-pyrrole nitrogens is 1. The molecular formula is C38H39N5O5. The molecule has 6 rings (SSSR count). The minimum atomic E-state index is -0.367. The number of nitrogens with one attached hydrogen (secondary N) is 2. The highest BCUT2D eigenvalue weighted by atomic mass is 16.5. The summed E-state index contributed by atoms with van der Waals surface area (Å²) in [6, 6.07) is 20.8. The van der Waals surface area contributed by atoms with Crippen molar-refractivity contribution in [2.24, 2.45) is 14.1 Å². The van der Waals surface area contributed by atoms with Gasteiger partial charge < -0.3 is 28.9 Å². The number of carbonyl (C=O) groups is 1. The van der Waals surface area contributed by atoms with Crippen LogP contribution >= 0.6 is 0 Å². The molecule has 1 amide bonds. The maximum Gasteiger partial charge on any atom is 0.274 e. The number of fused-ring (bicyclic) bond motifs is 1. The molecule has 2 N–H and O–H groups in total. The van der Waals surface area contributed by atoms with Gasteiger partial charge in [-0.15, -0.1) is 0 Å². The van der Waals surface area contributed by atoms with E-state index in [9.17, 15) is 14.4 Å². The highest BCUT2D eigenvalue weighted by Gasteiger charge is 2.19. The average molecular weight is 646 g/mol. The van der Waals surface area contributed by atoms with Crippen molar-refractivity contribution in [3.05, 3.63) is 144 Å². The van der Waals surface area contributed by atoms with Gasteiger partial charge in [-0.3, -0.25) is 19.3 Å². The van der Waals surface area contributed by atoms with Crippen LogP contribution in [0.5, 0.6) is 11.5 Å². The lowest BCUT2D eigenvalue weighted by molar-refractivity contribution is 0.102. The maximum absolute atomic E-state index is 13.0. The second-order valence-corrected chi connectivity index (χ2v) is 12.0. The number of hydrogen-bond acceptors (Lipinski definition) is 6. The van der Waals surface area contributed by atoms with Crippen LogP contribution in [0, 0.1) is 0 Å². The molecule has 0 bridgehead atoms. The van der Waals surface area contributed by atoms with Gasteiger partial charge in [-0.2, -0.15) is 0 Å². The molecule has 246 valence electrons. The number of aryl methyl sites for hydroxylation is 1. The van der Waals surface area contributed by atoms with Crippen molar-refractivity contribution in [1.29, 1.82) is 0 Å². The molecule has 10 nitrogen and oxygen atoms in total. The van der Waals surface area contributed by atoms with Crippen LogP contribution in [0.25, 0.3) is 12.2 Å². The minimum Gasteiger partial charge on any atom is -0.493 e. The molecule has 3 heterocycles. The molecule has 0 unspecified atom stereocenters. The summed E-state index contributed by atoms with van der Waals surface area (Å²) < 4.78 is 14.2. The molecule has 2 aromatic heterocycles. The Hall–Kier alpha value is -5.61. The van der Waals surface area contributed by atoms with Crippen LogP contribution in [0.1, 0.15) is 38.2 Å². The second-order valence-electron chi connectivity index (χ2n) is 12.0. The highest BCUT2D eigenvalue weighted by molar-refractivity contribution is 6.04. The molecule has 0 radical (unpaired) electrons. The first-order valence-electron chi connectivity index (χ1n) is 15.8. The van der Waals surface area contributed by atoms with Gasteiger partial charge in [0.25, 0.3) is 17.0 Å². The van der Waals surface area contributed by atoms with Crippen molar-refractivity contribution >= 4 is 23.7 Å². The molecule has 1 aliphatic rings. The van der Waals surface area contributed by atoms with Crippen LogP contribution < -0.4 is 36.6 Å². The van der Waals surface area contributed by atoms with E-state index >= 15 is 0 Å². The third kappa shape index (κ3) is 7.19. The molecule has 0 spiro atoms. The maximum atomic E-state index is 13.0. The molecule has 0 saturated heterocycles. The van der Waals surface area contributed by atoms with Crippen molar-refractivity contribution in [2.75, 3.05) is 32.6 Å². The lowest BCUT2D eigenvalue weighted by Gasteiger charge is -2.29. The van der Waals surface area contributed by atoms with Gasteiger partial charge >= 0.3 is 0 Å². The largest absolute Gasteiger partial charge is 0.493 e. The van der Waals surface area contributed by atoms with Crippen molar-refractivity contribution in [1.82, 2.24) is 19.0 Å². The van der Waals surface area contributed by atoms with Crippen LogP contribution in [0.2, 0.25) is 0 Å². The molecule has 5 aromatic rings. The standard InChI is InChI=1S/C38H39N5O5/c1-41-16-13-27(23-41)20-33-37(45)40-32(38(46)42(33)2)19-26-5-9-28(10-6-26)36(44)39-31-11-7-25(8-12-31)14-17-43-18-15-29-21-34(47-3)35(48-4)22-30(29)24-43/h5-13,16,19-23H,14-15,17-18,24H2,1-4H3,(H,39,44)(H,40,45). The summed E-state index contributed by atoms with van der Waals surface area (Å²) in [6.07, 6.45) is 8.89. The predicted molar refractivity (Wildman–Crippen MR) is 187 cm³/mol.